The van der Waals surface area contributed by atoms with Gasteiger partial charge in [-0.25, -0.2) is 9.36 Å². The lowest BCUT2D eigenvalue weighted by Crippen LogP contribution is -2.38. The Morgan fingerprint density at radius 3 is 2.57 bits per heavy atom. The van der Waals surface area contributed by atoms with Gasteiger partial charge in [0.15, 0.2) is 5.78 Å². The van der Waals surface area contributed by atoms with Gasteiger partial charge in [-0.05, 0) is 31.0 Å². The third kappa shape index (κ3) is 2.72. The molecule has 28 heavy (non-hydrogen) atoms. The molecular formula is C20H19N3O4S. The van der Waals surface area contributed by atoms with Gasteiger partial charge in [0.25, 0.3) is 5.56 Å². The highest BCUT2D eigenvalue weighted by Gasteiger charge is 2.26. The summed E-state index contributed by atoms with van der Waals surface area (Å²) in [6.45, 7) is 3.98. The Morgan fingerprint density at radius 2 is 1.89 bits per heavy atom. The molecule has 7 nitrogen and oxygen atoms in total. The van der Waals surface area contributed by atoms with Crippen molar-refractivity contribution in [3.8, 4) is 5.69 Å². The Bertz CT molecular complexity index is 1260. The largest absolute Gasteiger partial charge is 0.337 e. The van der Waals surface area contributed by atoms with E-state index >= 15 is 0 Å². The molecular weight excluding hydrogens is 378 g/mol. The molecule has 0 unspecified atom stereocenters. The molecule has 4 rings (SSSR count). The van der Waals surface area contributed by atoms with Crippen molar-refractivity contribution in [1.29, 1.82) is 0 Å². The first kappa shape index (κ1) is 18.4. The molecule has 0 saturated heterocycles. The summed E-state index contributed by atoms with van der Waals surface area (Å²) in [4.78, 5) is 53.0. The molecule has 0 saturated carbocycles. The van der Waals surface area contributed by atoms with Crippen LogP contribution in [-0.4, -0.2) is 32.3 Å². The predicted octanol–water partition coefficient (Wildman–Crippen LogP) is 1.86. The van der Waals surface area contributed by atoms with Gasteiger partial charge in [0.1, 0.15) is 4.83 Å². The minimum absolute atomic E-state index is 0.00421. The third-order valence-electron chi connectivity index (χ3n) is 5.19. The van der Waals surface area contributed by atoms with Gasteiger partial charge in [0.2, 0.25) is 5.91 Å². The first-order chi connectivity index (χ1) is 13.3. The Morgan fingerprint density at radius 1 is 1.14 bits per heavy atom. The van der Waals surface area contributed by atoms with Crippen LogP contribution >= 0.6 is 11.3 Å². The highest BCUT2D eigenvalue weighted by Crippen LogP contribution is 2.32. The number of ketones is 1. The summed E-state index contributed by atoms with van der Waals surface area (Å²) in [6.07, 6.45) is 0.579. The van der Waals surface area contributed by atoms with Crippen molar-refractivity contribution in [2.75, 3.05) is 6.54 Å². The van der Waals surface area contributed by atoms with Crippen molar-refractivity contribution in [3.63, 3.8) is 0 Å². The maximum absolute atomic E-state index is 13.3. The molecule has 1 amide bonds. The summed E-state index contributed by atoms with van der Waals surface area (Å²) in [5, 5.41) is 0.526. The van der Waals surface area contributed by atoms with Crippen LogP contribution < -0.4 is 11.2 Å². The fourth-order valence-corrected chi connectivity index (χ4v) is 4.95. The van der Waals surface area contributed by atoms with Crippen molar-refractivity contribution in [3.05, 3.63) is 61.1 Å². The molecule has 2 aromatic heterocycles. The number of aromatic nitrogens is 2. The number of thiophene rings is 1. The summed E-state index contributed by atoms with van der Waals surface area (Å²) in [7, 11) is 1.64. The van der Waals surface area contributed by atoms with Crippen LogP contribution in [-0.2, 0) is 24.8 Å². The number of aryl methyl sites for hydroxylation is 1. The number of fused-ring (bicyclic) bond motifs is 3. The number of hydrogen-bond acceptors (Lipinski definition) is 5. The Balaban J connectivity index is 2.00. The van der Waals surface area contributed by atoms with Crippen LogP contribution in [0.15, 0.2) is 33.9 Å². The van der Waals surface area contributed by atoms with Crippen LogP contribution in [0.5, 0.6) is 0 Å². The molecule has 1 aromatic carbocycles. The average molecular weight is 397 g/mol. The molecule has 0 atom stereocenters. The normalized spacial score (nSPS) is 13.6. The molecule has 3 heterocycles. The summed E-state index contributed by atoms with van der Waals surface area (Å²) in [5.74, 6) is -0.138. The first-order valence-corrected chi connectivity index (χ1v) is 9.74. The zero-order valence-electron chi connectivity index (χ0n) is 15.8. The van der Waals surface area contributed by atoms with E-state index in [1.165, 1.54) is 29.8 Å². The van der Waals surface area contributed by atoms with Crippen molar-refractivity contribution in [2.24, 2.45) is 7.05 Å². The monoisotopic (exact) mass is 397 g/mol. The fraction of sp³-hybridized carbons (Fsp3) is 0.300. The number of rotatable bonds is 2. The Labute approximate surface area is 164 Å². The minimum Gasteiger partial charge on any atom is -0.337 e. The van der Waals surface area contributed by atoms with Crippen LogP contribution in [0.2, 0.25) is 0 Å². The van der Waals surface area contributed by atoms with Crippen LogP contribution in [0.25, 0.3) is 15.9 Å². The number of Topliss-reactive ketones (excluding diaryl/α,β-unsaturated/α-hetero) is 1. The van der Waals surface area contributed by atoms with Crippen LogP contribution in [0.4, 0.5) is 0 Å². The predicted molar refractivity (Wildman–Crippen MR) is 107 cm³/mol. The van der Waals surface area contributed by atoms with Gasteiger partial charge in [0.05, 0.1) is 17.6 Å². The zero-order valence-corrected chi connectivity index (χ0v) is 16.6. The van der Waals surface area contributed by atoms with E-state index in [4.69, 9.17) is 0 Å². The molecule has 0 bridgehead atoms. The van der Waals surface area contributed by atoms with E-state index in [1.54, 1.807) is 36.2 Å². The zero-order chi connectivity index (χ0) is 20.2. The Kier molecular flexibility index (Phi) is 4.30. The minimum atomic E-state index is -0.458. The molecule has 3 aromatic rings. The second kappa shape index (κ2) is 6.56. The average Bonchev–Trinajstić information content (AvgIpc) is 3.05. The highest BCUT2D eigenvalue weighted by atomic mass is 32.1. The van der Waals surface area contributed by atoms with E-state index in [9.17, 15) is 19.2 Å². The molecule has 0 fully saturated rings. The number of amides is 1. The first-order valence-electron chi connectivity index (χ1n) is 8.92. The molecule has 144 valence electrons. The summed E-state index contributed by atoms with van der Waals surface area (Å²) < 4.78 is 2.59. The van der Waals surface area contributed by atoms with E-state index in [0.717, 1.165) is 15.0 Å². The van der Waals surface area contributed by atoms with E-state index in [1.807, 2.05) is 0 Å². The highest BCUT2D eigenvalue weighted by molar-refractivity contribution is 7.18. The van der Waals surface area contributed by atoms with Gasteiger partial charge >= 0.3 is 5.69 Å². The van der Waals surface area contributed by atoms with Crippen molar-refractivity contribution in [1.82, 2.24) is 14.0 Å². The summed E-state index contributed by atoms with van der Waals surface area (Å²) >= 11 is 1.39. The van der Waals surface area contributed by atoms with E-state index in [-0.39, 0.29) is 17.2 Å². The van der Waals surface area contributed by atoms with Crippen LogP contribution in [0.1, 0.15) is 34.6 Å². The van der Waals surface area contributed by atoms with E-state index in [0.29, 0.717) is 41.0 Å². The van der Waals surface area contributed by atoms with Gasteiger partial charge < -0.3 is 4.90 Å². The maximum Gasteiger partial charge on any atom is 0.336 e. The third-order valence-corrected chi connectivity index (χ3v) is 6.49. The standard InChI is InChI=1S/C20H19N3O4S/c1-11(24)13-5-4-6-14(9-13)23-18(26)17-15-7-8-22(12(2)25)10-16(15)28-19(17)21(3)20(23)27/h4-6,9H,7-8,10H2,1-3H3. The van der Waals surface area contributed by atoms with E-state index < -0.39 is 5.69 Å². The number of benzene rings is 1. The summed E-state index contributed by atoms with van der Waals surface area (Å²) in [6, 6.07) is 6.53. The molecule has 8 heteroatoms. The quantitative estimate of drug-likeness (QED) is 0.618. The van der Waals surface area contributed by atoms with Crippen LogP contribution in [0, 0.1) is 0 Å². The van der Waals surface area contributed by atoms with Gasteiger partial charge in [-0.1, -0.05) is 12.1 Å². The van der Waals surface area contributed by atoms with Gasteiger partial charge in [-0.15, -0.1) is 11.3 Å². The van der Waals surface area contributed by atoms with Crippen molar-refractivity contribution in [2.45, 2.75) is 26.8 Å². The molecule has 0 N–H and O–H groups in total. The summed E-state index contributed by atoms with van der Waals surface area (Å²) in [5.41, 5.74) is 0.889. The fourth-order valence-electron chi connectivity index (χ4n) is 3.64. The lowest BCUT2D eigenvalue weighted by Gasteiger charge is -2.25. The second-order valence-corrected chi connectivity index (χ2v) is 8.05. The Hall–Kier alpha value is -3.00. The van der Waals surface area contributed by atoms with E-state index in [2.05, 4.69) is 0 Å². The second-order valence-electron chi connectivity index (χ2n) is 6.96. The van der Waals surface area contributed by atoms with Crippen molar-refractivity contribution < 1.29 is 9.59 Å². The van der Waals surface area contributed by atoms with Gasteiger partial charge in [-0.3, -0.25) is 19.0 Å². The lowest BCUT2D eigenvalue weighted by atomic mass is 10.1. The topological polar surface area (TPSA) is 81.4 Å². The lowest BCUT2D eigenvalue weighted by molar-refractivity contribution is -0.129. The number of carbonyl (C=O) groups excluding carboxylic acids is 2. The van der Waals surface area contributed by atoms with Gasteiger partial charge in [0, 0.05) is 31.0 Å². The smallest absolute Gasteiger partial charge is 0.336 e. The molecule has 1 aliphatic heterocycles. The maximum atomic E-state index is 13.3. The molecule has 0 radical (unpaired) electrons. The van der Waals surface area contributed by atoms with Gasteiger partial charge in [-0.2, -0.15) is 0 Å². The number of nitrogens with zero attached hydrogens (tertiary/aromatic N) is 3. The molecule has 0 aliphatic carbocycles. The molecule has 1 aliphatic rings. The number of carbonyl (C=O) groups is 2. The SMILES string of the molecule is CC(=O)c1cccc(-n2c(=O)c3c4c(sc3n(C)c2=O)CN(C(C)=O)CC4)c1. The number of hydrogen-bond donors (Lipinski definition) is 0. The van der Waals surface area contributed by atoms with Crippen LogP contribution in [0.3, 0.4) is 0 Å². The van der Waals surface area contributed by atoms with Crippen molar-refractivity contribution >= 4 is 33.2 Å². The molecule has 0 spiro atoms.